The highest BCUT2D eigenvalue weighted by Gasteiger charge is 2.16. The molecule has 1 atom stereocenters. The average molecular weight is 338 g/mol. The summed E-state index contributed by atoms with van der Waals surface area (Å²) in [6, 6.07) is 7.91. The smallest absolute Gasteiger partial charge is 0.287 e. The van der Waals surface area contributed by atoms with E-state index in [0.717, 1.165) is 5.69 Å². The lowest BCUT2D eigenvalue weighted by Gasteiger charge is -2.09. The van der Waals surface area contributed by atoms with E-state index in [1.807, 2.05) is 6.92 Å². The summed E-state index contributed by atoms with van der Waals surface area (Å²) in [4.78, 5) is 14.5. The summed E-state index contributed by atoms with van der Waals surface area (Å²) in [5, 5.41) is 10.8. The van der Waals surface area contributed by atoms with E-state index in [9.17, 15) is 10.1 Å². The van der Waals surface area contributed by atoms with E-state index in [4.69, 9.17) is 10.5 Å². The molecule has 1 aromatic carbocycles. The third-order valence-corrected chi connectivity index (χ3v) is 3.39. The van der Waals surface area contributed by atoms with Gasteiger partial charge in [-0.1, -0.05) is 6.07 Å². The second-order valence-electron chi connectivity index (χ2n) is 4.16. The Morgan fingerprint density at radius 3 is 2.70 bits per heavy atom. The summed E-state index contributed by atoms with van der Waals surface area (Å²) >= 11 is 3.17. The standard InChI is InChI=1S/C13H12BrN3O3/c1-8(15)10-6-5-9(7-16-10)20-12-4-2-3-11(13(12)14)17(18)19/h2-8H,15H2,1H3. The van der Waals surface area contributed by atoms with Crippen LogP contribution in [-0.2, 0) is 0 Å². The monoisotopic (exact) mass is 337 g/mol. The zero-order valence-corrected chi connectivity index (χ0v) is 12.2. The molecule has 2 N–H and O–H groups in total. The number of nitro benzene ring substituents is 1. The SMILES string of the molecule is CC(N)c1ccc(Oc2cccc([N+](=O)[O-])c2Br)cn1. The molecule has 1 aromatic heterocycles. The Bertz CT molecular complexity index is 629. The summed E-state index contributed by atoms with van der Waals surface area (Å²) in [6.45, 7) is 1.83. The number of hydrogen-bond donors (Lipinski definition) is 1. The Morgan fingerprint density at radius 2 is 2.15 bits per heavy atom. The van der Waals surface area contributed by atoms with Gasteiger partial charge in [0.05, 0.1) is 16.8 Å². The normalized spacial score (nSPS) is 11.9. The maximum atomic E-state index is 10.8. The molecular weight excluding hydrogens is 326 g/mol. The van der Waals surface area contributed by atoms with Crippen LogP contribution in [0.1, 0.15) is 18.7 Å². The van der Waals surface area contributed by atoms with Gasteiger partial charge >= 0.3 is 0 Å². The minimum atomic E-state index is -0.478. The molecule has 0 bridgehead atoms. The first-order valence-electron chi connectivity index (χ1n) is 5.81. The summed E-state index contributed by atoms with van der Waals surface area (Å²) in [5.74, 6) is 0.838. The molecule has 6 nitrogen and oxygen atoms in total. The minimum Gasteiger partial charge on any atom is -0.454 e. The molecule has 1 unspecified atom stereocenters. The molecule has 0 aliphatic rings. The van der Waals surface area contributed by atoms with Crippen LogP contribution in [0.5, 0.6) is 11.5 Å². The molecule has 104 valence electrons. The van der Waals surface area contributed by atoms with Crippen molar-refractivity contribution in [1.82, 2.24) is 4.98 Å². The first-order chi connectivity index (χ1) is 9.49. The molecule has 0 aliphatic heterocycles. The van der Waals surface area contributed by atoms with Crippen molar-refractivity contribution in [3.63, 3.8) is 0 Å². The first-order valence-corrected chi connectivity index (χ1v) is 6.60. The van der Waals surface area contributed by atoms with Gasteiger partial charge in [-0.05, 0) is 41.1 Å². The van der Waals surface area contributed by atoms with Crippen LogP contribution in [0.25, 0.3) is 0 Å². The maximum Gasteiger partial charge on any atom is 0.287 e. The first kappa shape index (κ1) is 14.4. The van der Waals surface area contributed by atoms with Crippen molar-refractivity contribution in [3.05, 3.63) is 56.8 Å². The van der Waals surface area contributed by atoms with Gasteiger partial charge in [0.25, 0.3) is 5.69 Å². The Labute approximate surface area is 123 Å². The maximum absolute atomic E-state index is 10.8. The van der Waals surface area contributed by atoms with Crippen LogP contribution in [0.2, 0.25) is 0 Å². The van der Waals surface area contributed by atoms with Crippen molar-refractivity contribution in [2.45, 2.75) is 13.0 Å². The van der Waals surface area contributed by atoms with Gasteiger partial charge in [0.1, 0.15) is 16.0 Å². The van der Waals surface area contributed by atoms with Crippen LogP contribution in [0.3, 0.4) is 0 Å². The fourth-order valence-corrected chi connectivity index (χ4v) is 2.06. The largest absolute Gasteiger partial charge is 0.454 e. The van der Waals surface area contributed by atoms with E-state index >= 15 is 0 Å². The number of nitrogens with two attached hydrogens (primary N) is 1. The summed E-state index contributed by atoms with van der Waals surface area (Å²) in [6.07, 6.45) is 1.53. The van der Waals surface area contributed by atoms with Crippen LogP contribution in [0, 0.1) is 10.1 Å². The van der Waals surface area contributed by atoms with Gasteiger partial charge in [0, 0.05) is 12.1 Å². The summed E-state index contributed by atoms with van der Waals surface area (Å²) < 4.78 is 5.87. The number of halogens is 1. The van der Waals surface area contributed by atoms with Crippen molar-refractivity contribution >= 4 is 21.6 Å². The highest BCUT2D eigenvalue weighted by atomic mass is 79.9. The predicted octanol–water partition coefficient (Wildman–Crippen LogP) is 3.56. The second-order valence-corrected chi connectivity index (χ2v) is 4.95. The van der Waals surface area contributed by atoms with Gasteiger partial charge in [-0.15, -0.1) is 0 Å². The van der Waals surface area contributed by atoms with Crippen LogP contribution in [0.15, 0.2) is 41.0 Å². The average Bonchev–Trinajstić information content (AvgIpc) is 2.41. The molecule has 0 aliphatic carbocycles. The van der Waals surface area contributed by atoms with Crippen molar-refractivity contribution in [2.24, 2.45) is 5.73 Å². The molecule has 2 aromatic rings. The molecule has 0 amide bonds. The van der Waals surface area contributed by atoms with Crippen molar-refractivity contribution in [2.75, 3.05) is 0 Å². The molecule has 0 saturated heterocycles. The highest BCUT2D eigenvalue weighted by molar-refractivity contribution is 9.10. The third-order valence-electron chi connectivity index (χ3n) is 2.59. The number of ether oxygens (including phenoxy) is 1. The summed E-state index contributed by atoms with van der Waals surface area (Å²) in [7, 11) is 0. The van der Waals surface area contributed by atoms with Gasteiger partial charge in [-0.2, -0.15) is 0 Å². The lowest BCUT2D eigenvalue weighted by atomic mass is 10.2. The zero-order chi connectivity index (χ0) is 14.7. The third kappa shape index (κ3) is 3.12. The second kappa shape index (κ2) is 5.98. The van der Waals surface area contributed by atoms with E-state index in [1.54, 1.807) is 24.3 Å². The summed E-state index contributed by atoms with van der Waals surface area (Å²) in [5.41, 5.74) is 6.40. The van der Waals surface area contributed by atoms with E-state index in [-0.39, 0.29) is 11.7 Å². The number of nitrogens with zero attached hydrogens (tertiary/aromatic N) is 2. The van der Waals surface area contributed by atoms with Gasteiger partial charge in [0.2, 0.25) is 0 Å². The van der Waals surface area contributed by atoms with Gasteiger partial charge in [0.15, 0.2) is 0 Å². The number of nitro groups is 1. The lowest BCUT2D eigenvalue weighted by molar-refractivity contribution is -0.385. The molecule has 2 rings (SSSR count). The molecule has 0 saturated carbocycles. The van der Waals surface area contributed by atoms with Crippen LogP contribution < -0.4 is 10.5 Å². The topological polar surface area (TPSA) is 91.3 Å². The minimum absolute atomic E-state index is 0.0531. The van der Waals surface area contributed by atoms with Crippen molar-refractivity contribution < 1.29 is 9.66 Å². The Hall–Kier alpha value is -1.99. The van der Waals surface area contributed by atoms with Gasteiger partial charge in [-0.3, -0.25) is 15.1 Å². The number of aromatic nitrogens is 1. The van der Waals surface area contributed by atoms with Gasteiger partial charge < -0.3 is 10.5 Å². The quantitative estimate of drug-likeness (QED) is 0.680. The van der Waals surface area contributed by atoms with Crippen LogP contribution in [-0.4, -0.2) is 9.91 Å². The molecule has 0 radical (unpaired) electrons. The molecule has 0 fully saturated rings. The molecule has 1 heterocycles. The zero-order valence-electron chi connectivity index (χ0n) is 10.6. The fourth-order valence-electron chi connectivity index (χ4n) is 1.57. The molecule has 0 spiro atoms. The van der Waals surface area contributed by atoms with Crippen molar-refractivity contribution in [3.8, 4) is 11.5 Å². The number of rotatable bonds is 4. The number of pyridine rings is 1. The van der Waals surface area contributed by atoms with E-state index in [0.29, 0.717) is 16.0 Å². The predicted molar refractivity (Wildman–Crippen MR) is 77.7 cm³/mol. The lowest BCUT2D eigenvalue weighted by Crippen LogP contribution is -2.06. The Balaban J connectivity index is 2.26. The Morgan fingerprint density at radius 1 is 1.40 bits per heavy atom. The van der Waals surface area contributed by atoms with Crippen LogP contribution >= 0.6 is 15.9 Å². The highest BCUT2D eigenvalue weighted by Crippen LogP contribution is 2.36. The van der Waals surface area contributed by atoms with E-state index < -0.39 is 4.92 Å². The van der Waals surface area contributed by atoms with Crippen LogP contribution in [0.4, 0.5) is 5.69 Å². The van der Waals surface area contributed by atoms with E-state index in [1.165, 1.54) is 12.3 Å². The Kier molecular flexibility index (Phi) is 4.31. The number of benzene rings is 1. The fraction of sp³-hybridized carbons (Fsp3) is 0.154. The van der Waals surface area contributed by atoms with Crippen molar-refractivity contribution in [1.29, 1.82) is 0 Å². The van der Waals surface area contributed by atoms with E-state index in [2.05, 4.69) is 20.9 Å². The molecule has 20 heavy (non-hydrogen) atoms. The molecular formula is C13H12BrN3O3. The molecule has 7 heteroatoms. The number of hydrogen-bond acceptors (Lipinski definition) is 5. The van der Waals surface area contributed by atoms with Gasteiger partial charge in [-0.25, -0.2) is 0 Å².